The Morgan fingerprint density at radius 1 is 0.878 bits per heavy atom. The molecule has 41 heavy (non-hydrogen) atoms. The fraction of sp³-hybridized carbons (Fsp3) is 0.154. The van der Waals surface area contributed by atoms with Gasteiger partial charge in [-0.15, -0.1) is 0 Å². The van der Waals surface area contributed by atoms with Gasteiger partial charge in [-0.05, 0) is 35.9 Å². The molecule has 3 aromatic carbocycles. The first-order valence-electron chi connectivity index (χ1n) is 11.7. The molecule has 1 heterocycles. The minimum atomic E-state index is -4.87. The molecule has 4 rings (SSSR count). The minimum Gasteiger partial charge on any atom is -0.369 e. The number of nitrogens with zero attached hydrogens (tertiary/aromatic N) is 2. The number of nitrogens with one attached hydrogen (secondary N) is 2. The summed E-state index contributed by atoms with van der Waals surface area (Å²) in [6, 6.07) is 10.7. The molecule has 0 unspecified atom stereocenters. The van der Waals surface area contributed by atoms with Gasteiger partial charge in [0.2, 0.25) is 5.91 Å². The first-order valence-corrected chi connectivity index (χ1v) is 11.7. The number of amides is 3. The highest BCUT2D eigenvalue weighted by Gasteiger charge is 2.36. The van der Waals surface area contributed by atoms with Gasteiger partial charge in [-0.1, -0.05) is 30.3 Å². The van der Waals surface area contributed by atoms with E-state index in [2.05, 4.69) is 15.3 Å². The van der Waals surface area contributed by atoms with Crippen molar-refractivity contribution in [2.24, 2.45) is 11.6 Å². The first kappa shape index (κ1) is 29.1. The van der Waals surface area contributed by atoms with Crippen LogP contribution in [-0.2, 0) is 30.1 Å². The average molecular weight is 578 g/mol. The Morgan fingerprint density at radius 3 is 2.12 bits per heavy atom. The molecule has 0 fully saturated rings. The van der Waals surface area contributed by atoms with Crippen LogP contribution in [-0.4, -0.2) is 27.7 Å². The van der Waals surface area contributed by atoms with Crippen LogP contribution in [0.15, 0.2) is 60.7 Å². The van der Waals surface area contributed by atoms with Crippen LogP contribution < -0.4 is 21.9 Å². The number of aromatic amines is 1. The van der Waals surface area contributed by atoms with Crippen molar-refractivity contribution < 1.29 is 40.7 Å². The van der Waals surface area contributed by atoms with E-state index in [1.165, 1.54) is 30.3 Å². The fourth-order valence-electron chi connectivity index (χ4n) is 4.10. The summed E-state index contributed by atoms with van der Waals surface area (Å²) in [7, 11) is 0. The van der Waals surface area contributed by atoms with Gasteiger partial charge < -0.3 is 16.0 Å². The Bertz CT molecular complexity index is 1650. The van der Waals surface area contributed by atoms with Crippen LogP contribution in [0.2, 0.25) is 0 Å². The summed E-state index contributed by atoms with van der Waals surface area (Å²) in [6.45, 7) is -0.553. The van der Waals surface area contributed by atoms with Crippen LogP contribution in [0.1, 0.15) is 43.2 Å². The van der Waals surface area contributed by atoms with E-state index in [1.807, 2.05) is 0 Å². The number of carbonyl (C=O) groups is 3. The van der Waals surface area contributed by atoms with Crippen LogP contribution in [0, 0.1) is 0 Å². The van der Waals surface area contributed by atoms with Gasteiger partial charge in [0.15, 0.2) is 0 Å². The van der Waals surface area contributed by atoms with Crippen molar-refractivity contribution in [3.05, 3.63) is 94.3 Å². The molecule has 214 valence electrons. The number of primary amides is 1. The van der Waals surface area contributed by atoms with E-state index in [0.717, 1.165) is 24.3 Å². The SMILES string of the molecule is NC(=O)Cc1nc2c(C(=O)NCc3ccccc3C(F)(F)F)cc(N(N)C(=O)c3ccccc3C(F)(F)F)cc2[nH]1. The average Bonchev–Trinajstić information content (AvgIpc) is 3.31. The number of carbonyl (C=O) groups excluding carboxylic acids is 3. The number of nitrogens with two attached hydrogens (primary N) is 2. The van der Waals surface area contributed by atoms with Gasteiger partial charge in [0, 0.05) is 6.54 Å². The molecular formula is C26H20F6N6O3. The Labute approximate surface area is 227 Å². The molecule has 9 nitrogen and oxygen atoms in total. The summed E-state index contributed by atoms with van der Waals surface area (Å²) in [5.41, 5.74) is 1.44. The summed E-state index contributed by atoms with van der Waals surface area (Å²) in [5.74, 6) is 2.94. The fourth-order valence-corrected chi connectivity index (χ4v) is 4.10. The third-order valence-electron chi connectivity index (χ3n) is 5.93. The predicted molar refractivity (Wildman–Crippen MR) is 134 cm³/mol. The van der Waals surface area contributed by atoms with Gasteiger partial charge in [-0.25, -0.2) is 15.8 Å². The zero-order valence-electron chi connectivity index (χ0n) is 20.7. The van der Waals surface area contributed by atoms with Gasteiger partial charge >= 0.3 is 12.4 Å². The van der Waals surface area contributed by atoms with Crippen LogP contribution in [0.3, 0.4) is 0 Å². The summed E-state index contributed by atoms with van der Waals surface area (Å²) < 4.78 is 80.7. The molecule has 1 aromatic heterocycles. The van der Waals surface area contributed by atoms with E-state index in [0.29, 0.717) is 11.1 Å². The molecule has 0 spiro atoms. The molecule has 15 heteroatoms. The molecule has 0 aliphatic carbocycles. The summed E-state index contributed by atoms with van der Waals surface area (Å²) in [4.78, 5) is 44.5. The van der Waals surface area contributed by atoms with E-state index in [9.17, 15) is 40.7 Å². The van der Waals surface area contributed by atoms with Crippen molar-refractivity contribution in [2.45, 2.75) is 25.3 Å². The molecule has 0 radical (unpaired) electrons. The number of hydrogen-bond acceptors (Lipinski definition) is 5. The molecule has 0 aliphatic heterocycles. The van der Waals surface area contributed by atoms with Crippen molar-refractivity contribution in [3.63, 3.8) is 0 Å². The summed E-state index contributed by atoms with van der Waals surface area (Å²) >= 11 is 0. The molecular weight excluding hydrogens is 558 g/mol. The zero-order valence-corrected chi connectivity index (χ0v) is 20.7. The highest BCUT2D eigenvalue weighted by molar-refractivity contribution is 6.10. The Balaban J connectivity index is 1.74. The van der Waals surface area contributed by atoms with Gasteiger partial charge in [-0.3, -0.25) is 14.4 Å². The minimum absolute atomic E-state index is 0.0124. The number of anilines is 1. The number of benzene rings is 3. The Kier molecular flexibility index (Phi) is 7.74. The second kappa shape index (κ2) is 10.9. The zero-order chi connectivity index (χ0) is 30.1. The van der Waals surface area contributed by atoms with Gasteiger partial charge in [0.1, 0.15) is 11.3 Å². The molecule has 0 atom stereocenters. The van der Waals surface area contributed by atoms with Crippen molar-refractivity contribution in [3.8, 4) is 0 Å². The van der Waals surface area contributed by atoms with Crippen molar-refractivity contribution >= 4 is 34.4 Å². The van der Waals surface area contributed by atoms with Crippen molar-refractivity contribution in [2.75, 3.05) is 5.01 Å². The number of hydrazine groups is 1. The van der Waals surface area contributed by atoms with E-state index in [-0.39, 0.29) is 40.1 Å². The van der Waals surface area contributed by atoms with Gasteiger partial charge in [0.25, 0.3) is 11.8 Å². The number of aromatic nitrogens is 2. The number of H-pyrrole nitrogens is 1. The highest BCUT2D eigenvalue weighted by atomic mass is 19.4. The number of fused-ring (bicyclic) bond motifs is 1. The smallest absolute Gasteiger partial charge is 0.369 e. The molecule has 6 N–H and O–H groups in total. The van der Waals surface area contributed by atoms with Crippen LogP contribution in [0.5, 0.6) is 0 Å². The Morgan fingerprint density at radius 2 is 1.49 bits per heavy atom. The quantitative estimate of drug-likeness (QED) is 0.113. The molecule has 0 saturated carbocycles. The van der Waals surface area contributed by atoms with Crippen molar-refractivity contribution in [1.29, 1.82) is 0 Å². The normalized spacial score (nSPS) is 11.9. The summed E-state index contributed by atoms with van der Waals surface area (Å²) in [5, 5.41) is 2.73. The number of alkyl halides is 6. The lowest BCUT2D eigenvalue weighted by atomic mass is 10.1. The first-order chi connectivity index (χ1) is 19.2. The van der Waals surface area contributed by atoms with Gasteiger partial charge in [0.05, 0.1) is 39.9 Å². The third kappa shape index (κ3) is 6.30. The van der Waals surface area contributed by atoms with E-state index in [1.54, 1.807) is 0 Å². The molecule has 0 saturated heterocycles. The predicted octanol–water partition coefficient (Wildman–Crippen LogP) is 4.08. The number of hydrogen-bond donors (Lipinski definition) is 4. The second-order valence-electron chi connectivity index (χ2n) is 8.77. The lowest BCUT2D eigenvalue weighted by Gasteiger charge is -2.20. The van der Waals surface area contributed by atoms with Crippen molar-refractivity contribution in [1.82, 2.24) is 15.3 Å². The maximum atomic E-state index is 13.5. The largest absolute Gasteiger partial charge is 0.417 e. The lowest BCUT2D eigenvalue weighted by molar-refractivity contribution is -0.138. The maximum absolute atomic E-state index is 13.5. The van der Waals surface area contributed by atoms with E-state index < -0.39 is 53.3 Å². The Hall–Kier alpha value is -4.92. The molecule has 4 aromatic rings. The maximum Gasteiger partial charge on any atom is 0.417 e. The highest BCUT2D eigenvalue weighted by Crippen LogP contribution is 2.34. The number of halogens is 6. The standard InChI is InChI=1S/C26H20F6N6O3/c27-25(28,29)17-7-3-1-5-13(17)12-35-23(40)16-9-14(10-19-22(16)37-21(36-19)11-20(33)39)38(34)24(41)15-6-2-4-8-18(15)26(30,31)32/h1-10H,11-12,34H2,(H2,33,39)(H,35,40)(H,36,37). The number of imidazole rings is 1. The molecule has 0 bridgehead atoms. The lowest BCUT2D eigenvalue weighted by Crippen LogP contribution is -2.38. The molecule has 3 amide bonds. The van der Waals surface area contributed by atoms with E-state index in [4.69, 9.17) is 11.6 Å². The summed E-state index contributed by atoms with van der Waals surface area (Å²) in [6.07, 6.45) is -9.94. The van der Waals surface area contributed by atoms with Crippen LogP contribution in [0.25, 0.3) is 11.0 Å². The number of rotatable bonds is 7. The van der Waals surface area contributed by atoms with E-state index >= 15 is 0 Å². The monoisotopic (exact) mass is 578 g/mol. The van der Waals surface area contributed by atoms with Crippen LogP contribution in [0.4, 0.5) is 32.0 Å². The van der Waals surface area contributed by atoms with Gasteiger partial charge in [-0.2, -0.15) is 26.3 Å². The second-order valence-corrected chi connectivity index (χ2v) is 8.77. The van der Waals surface area contributed by atoms with Crippen LogP contribution >= 0.6 is 0 Å². The third-order valence-corrected chi connectivity index (χ3v) is 5.93. The molecule has 0 aliphatic rings. The topological polar surface area (TPSA) is 147 Å².